The average Bonchev–Trinajstić information content (AvgIpc) is 2.96. The normalized spacial score (nSPS) is 25.8. The van der Waals surface area contributed by atoms with Crippen LogP contribution in [0, 0.1) is 5.41 Å². The van der Waals surface area contributed by atoms with E-state index in [-0.39, 0.29) is 17.4 Å². The molecule has 7 heteroatoms. The predicted octanol–water partition coefficient (Wildman–Crippen LogP) is 2.33. The summed E-state index contributed by atoms with van der Waals surface area (Å²) in [5.74, 6) is -0.370. The monoisotopic (exact) mass is 370 g/mol. The van der Waals surface area contributed by atoms with E-state index in [1.165, 1.54) is 4.90 Å². The van der Waals surface area contributed by atoms with Crippen molar-refractivity contribution in [2.75, 3.05) is 32.9 Å². The van der Waals surface area contributed by atoms with Gasteiger partial charge in [0.2, 0.25) is 0 Å². The molecule has 1 amide bonds. The van der Waals surface area contributed by atoms with E-state index in [1.54, 1.807) is 6.92 Å². The maximum Gasteiger partial charge on any atom is 0.411 e. The molecule has 2 heterocycles. The van der Waals surface area contributed by atoms with Gasteiger partial charge in [-0.05, 0) is 52.4 Å². The molecule has 26 heavy (non-hydrogen) atoms. The van der Waals surface area contributed by atoms with Crippen LogP contribution in [0.5, 0.6) is 0 Å². The van der Waals surface area contributed by atoms with Crippen molar-refractivity contribution in [3.05, 3.63) is 0 Å². The molecule has 0 bridgehead atoms. The molecule has 150 valence electrons. The van der Waals surface area contributed by atoms with E-state index < -0.39 is 17.7 Å². The van der Waals surface area contributed by atoms with Crippen molar-refractivity contribution in [3.8, 4) is 0 Å². The lowest BCUT2D eigenvalue weighted by atomic mass is 9.82. The first-order valence-electron chi connectivity index (χ1n) is 9.62. The maximum atomic E-state index is 12.5. The zero-order valence-electron chi connectivity index (χ0n) is 16.8. The molecule has 0 saturated carbocycles. The lowest BCUT2D eigenvalue weighted by Crippen LogP contribution is -2.53. The summed E-state index contributed by atoms with van der Waals surface area (Å²) in [7, 11) is 0. The van der Waals surface area contributed by atoms with E-state index in [2.05, 4.69) is 12.2 Å². The minimum absolute atomic E-state index is 0.124. The molecule has 0 aromatic carbocycles. The molecule has 2 aliphatic heterocycles. The summed E-state index contributed by atoms with van der Waals surface area (Å²) in [6, 6.07) is -0.769. The van der Waals surface area contributed by atoms with Crippen LogP contribution in [-0.4, -0.2) is 67.6 Å². The Bertz CT molecular complexity index is 497. The summed E-state index contributed by atoms with van der Waals surface area (Å²) in [6.07, 6.45) is 2.23. The quantitative estimate of drug-likeness (QED) is 0.749. The number of hydrogen-bond donors (Lipinski definition) is 1. The van der Waals surface area contributed by atoms with Gasteiger partial charge in [0, 0.05) is 32.3 Å². The number of amides is 1. The van der Waals surface area contributed by atoms with E-state index in [1.807, 2.05) is 20.8 Å². The first kappa shape index (κ1) is 21.0. The molecule has 2 atom stereocenters. The van der Waals surface area contributed by atoms with Crippen LogP contribution in [0.1, 0.15) is 53.9 Å². The lowest BCUT2D eigenvalue weighted by Gasteiger charge is -2.36. The van der Waals surface area contributed by atoms with Crippen molar-refractivity contribution in [1.82, 2.24) is 10.2 Å². The number of carbonyl (C=O) groups excluding carboxylic acids is 2. The third kappa shape index (κ3) is 5.58. The van der Waals surface area contributed by atoms with Crippen molar-refractivity contribution in [2.45, 2.75) is 71.6 Å². The van der Waals surface area contributed by atoms with Crippen LogP contribution in [0.4, 0.5) is 4.79 Å². The van der Waals surface area contributed by atoms with E-state index >= 15 is 0 Å². The van der Waals surface area contributed by atoms with Crippen LogP contribution >= 0.6 is 0 Å². The summed E-state index contributed by atoms with van der Waals surface area (Å²) in [6.45, 7) is 12.6. The lowest BCUT2D eigenvalue weighted by molar-refractivity contribution is -0.149. The highest BCUT2D eigenvalue weighted by atomic mass is 16.6. The largest absolute Gasteiger partial charge is 0.464 e. The van der Waals surface area contributed by atoms with Crippen molar-refractivity contribution in [3.63, 3.8) is 0 Å². The van der Waals surface area contributed by atoms with Crippen LogP contribution < -0.4 is 5.32 Å². The van der Waals surface area contributed by atoms with Crippen molar-refractivity contribution in [2.24, 2.45) is 5.41 Å². The molecule has 2 rings (SSSR count). The van der Waals surface area contributed by atoms with Gasteiger partial charge in [0.05, 0.1) is 6.61 Å². The Morgan fingerprint density at radius 2 is 1.92 bits per heavy atom. The fourth-order valence-electron chi connectivity index (χ4n) is 3.47. The van der Waals surface area contributed by atoms with Gasteiger partial charge in [0.1, 0.15) is 11.6 Å². The first-order valence-corrected chi connectivity index (χ1v) is 9.62. The second kappa shape index (κ2) is 8.57. The minimum atomic E-state index is -0.645. The number of nitrogens with zero attached hydrogens (tertiary/aromatic N) is 1. The van der Waals surface area contributed by atoms with Gasteiger partial charge >= 0.3 is 12.1 Å². The van der Waals surface area contributed by atoms with Crippen LogP contribution in [0.3, 0.4) is 0 Å². The number of carbonyl (C=O) groups is 2. The molecular weight excluding hydrogens is 336 g/mol. The number of hydrogen-bond acceptors (Lipinski definition) is 6. The van der Waals surface area contributed by atoms with Gasteiger partial charge in [0.15, 0.2) is 0 Å². The molecule has 0 radical (unpaired) electrons. The molecule has 2 unspecified atom stereocenters. The second-order valence-electron chi connectivity index (χ2n) is 8.57. The highest BCUT2D eigenvalue weighted by Gasteiger charge is 2.45. The molecule has 0 spiro atoms. The molecule has 2 aliphatic rings. The number of likely N-dealkylation sites (tertiary alicyclic amines) is 1. The van der Waals surface area contributed by atoms with Gasteiger partial charge in [-0.15, -0.1) is 0 Å². The van der Waals surface area contributed by atoms with E-state index in [4.69, 9.17) is 14.2 Å². The molecule has 0 aliphatic carbocycles. The zero-order valence-corrected chi connectivity index (χ0v) is 16.8. The highest BCUT2D eigenvalue weighted by Crippen LogP contribution is 2.30. The standard InChI is InChI=1S/C19H34N2O5/c1-6-25-16(22)15-14(20-13-19(5)8-11-24-12-9-19)7-10-21(15)17(23)26-18(2,3)4/h14-15,20H,6-13H2,1-5H3. The van der Waals surface area contributed by atoms with Crippen LogP contribution in [0.15, 0.2) is 0 Å². The second-order valence-corrected chi connectivity index (χ2v) is 8.57. The zero-order chi connectivity index (χ0) is 19.4. The van der Waals surface area contributed by atoms with Gasteiger partial charge in [-0.25, -0.2) is 9.59 Å². The molecule has 0 aromatic heterocycles. The average molecular weight is 370 g/mol. The molecule has 1 N–H and O–H groups in total. The fourth-order valence-corrected chi connectivity index (χ4v) is 3.47. The summed E-state index contributed by atoms with van der Waals surface area (Å²) in [5, 5.41) is 3.52. The molecule has 2 fully saturated rings. The van der Waals surface area contributed by atoms with Crippen LogP contribution in [0.2, 0.25) is 0 Å². The van der Waals surface area contributed by atoms with Crippen molar-refractivity contribution in [1.29, 1.82) is 0 Å². The van der Waals surface area contributed by atoms with Gasteiger partial charge in [-0.3, -0.25) is 4.90 Å². The Morgan fingerprint density at radius 3 is 2.50 bits per heavy atom. The number of ether oxygens (including phenoxy) is 3. The number of rotatable bonds is 5. The summed E-state index contributed by atoms with van der Waals surface area (Å²) < 4.78 is 16.2. The Balaban J connectivity index is 2.05. The Hall–Kier alpha value is -1.34. The summed E-state index contributed by atoms with van der Waals surface area (Å²) >= 11 is 0. The van der Waals surface area contributed by atoms with Crippen molar-refractivity contribution >= 4 is 12.1 Å². The SMILES string of the molecule is CCOC(=O)C1C(NCC2(C)CCOCC2)CCN1C(=O)OC(C)(C)C. The Labute approximate surface area is 156 Å². The van der Waals surface area contributed by atoms with Gasteiger partial charge in [-0.2, -0.15) is 0 Å². The number of esters is 1. The smallest absolute Gasteiger partial charge is 0.411 e. The summed E-state index contributed by atoms with van der Waals surface area (Å²) in [5.41, 5.74) is -0.450. The van der Waals surface area contributed by atoms with Crippen LogP contribution in [0.25, 0.3) is 0 Å². The molecule has 2 saturated heterocycles. The van der Waals surface area contributed by atoms with Gasteiger partial charge < -0.3 is 19.5 Å². The van der Waals surface area contributed by atoms with Crippen molar-refractivity contribution < 1.29 is 23.8 Å². The molecular formula is C19H34N2O5. The third-order valence-corrected chi connectivity index (χ3v) is 5.04. The topological polar surface area (TPSA) is 77.1 Å². The highest BCUT2D eigenvalue weighted by molar-refractivity contribution is 5.83. The minimum Gasteiger partial charge on any atom is -0.464 e. The number of nitrogens with one attached hydrogen (secondary N) is 1. The van der Waals surface area contributed by atoms with Gasteiger partial charge in [0.25, 0.3) is 0 Å². The van der Waals surface area contributed by atoms with Gasteiger partial charge in [-0.1, -0.05) is 6.92 Å². The maximum absolute atomic E-state index is 12.5. The first-order chi connectivity index (χ1) is 12.2. The predicted molar refractivity (Wildman–Crippen MR) is 97.9 cm³/mol. The molecule has 0 aromatic rings. The van der Waals surface area contributed by atoms with E-state index in [0.717, 1.165) is 32.6 Å². The van der Waals surface area contributed by atoms with Crippen LogP contribution in [-0.2, 0) is 19.0 Å². The Morgan fingerprint density at radius 1 is 1.27 bits per heavy atom. The third-order valence-electron chi connectivity index (χ3n) is 5.04. The fraction of sp³-hybridized carbons (Fsp3) is 0.895. The molecule has 7 nitrogen and oxygen atoms in total. The Kier molecular flexibility index (Phi) is 6.91. The summed E-state index contributed by atoms with van der Waals surface area (Å²) in [4.78, 5) is 26.6. The van der Waals surface area contributed by atoms with E-state index in [0.29, 0.717) is 19.6 Å². The van der Waals surface area contributed by atoms with E-state index in [9.17, 15) is 9.59 Å².